The van der Waals surface area contributed by atoms with Crippen molar-refractivity contribution in [1.82, 2.24) is 4.31 Å². The molecule has 29 heavy (non-hydrogen) atoms. The highest BCUT2D eigenvalue weighted by Gasteiger charge is 2.27. The summed E-state index contributed by atoms with van der Waals surface area (Å²) in [6, 6.07) is 12.1. The summed E-state index contributed by atoms with van der Waals surface area (Å²) in [5.74, 6) is 0.825. The standard InChI is InChI=1S/C22H30N4O2S/c27-29(28,26-14-4-1-5-15-26)21-10-11-22(24-17-21)23-16-19-8-2-3-9-20(19)18-25-12-6-7-13-25/h2-3,8-11,17H,1,4-7,12-16,18H2,(H,23,24)/p+2. The van der Waals surface area contributed by atoms with Crippen LogP contribution in [0.4, 0.5) is 5.82 Å². The maximum Gasteiger partial charge on any atom is 0.272 e. The van der Waals surface area contributed by atoms with E-state index in [1.54, 1.807) is 21.5 Å². The number of likely N-dealkylation sites (tertiary alicyclic amines) is 1. The molecule has 0 aliphatic carbocycles. The molecule has 2 aliphatic heterocycles. The van der Waals surface area contributed by atoms with E-state index in [0.29, 0.717) is 18.0 Å². The number of aromatic nitrogens is 1. The predicted molar refractivity (Wildman–Crippen MR) is 113 cm³/mol. The fourth-order valence-electron chi connectivity index (χ4n) is 4.35. The molecule has 3 N–H and O–H groups in total. The maximum absolute atomic E-state index is 12.8. The maximum atomic E-state index is 12.8. The van der Waals surface area contributed by atoms with E-state index in [-0.39, 0.29) is 0 Å². The van der Waals surface area contributed by atoms with Crippen LogP contribution < -0.4 is 15.2 Å². The molecular formula is C22H32N4O2S+2. The minimum atomic E-state index is -3.39. The molecule has 1 aromatic carbocycles. The Morgan fingerprint density at radius 2 is 1.66 bits per heavy atom. The number of nitrogens with one attached hydrogen (secondary N) is 3. The lowest BCUT2D eigenvalue weighted by molar-refractivity contribution is -0.901. The van der Waals surface area contributed by atoms with Gasteiger partial charge >= 0.3 is 0 Å². The second kappa shape index (κ2) is 9.24. The zero-order valence-electron chi connectivity index (χ0n) is 17.0. The van der Waals surface area contributed by atoms with E-state index in [1.807, 2.05) is 6.07 Å². The first kappa shape index (κ1) is 20.3. The minimum absolute atomic E-state index is 0.336. The van der Waals surface area contributed by atoms with E-state index in [0.717, 1.165) is 38.2 Å². The summed E-state index contributed by atoms with van der Waals surface area (Å²) in [4.78, 5) is 5.12. The highest BCUT2D eigenvalue weighted by Crippen LogP contribution is 2.20. The van der Waals surface area contributed by atoms with Gasteiger partial charge in [0.2, 0.25) is 10.0 Å². The topological polar surface area (TPSA) is 68.0 Å². The van der Waals surface area contributed by atoms with Gasteiger partial charge in [0, 0.05) is 43.1 Å². The van der Waals surface area contributed by atoms with Crippen LogP contribution in [0.15, 0.2) is 47.5 Å². The molecular weight excluding hydrogens is 384 g/mol. The number of nitrogens with zero attached hydrogens (tertiary/aromatic N) is 1. The fourth-order valence-corrected chi connectivity index (χ4v) is 5.83. The quantitative estimate of drug-likeness (QED) is 0.718. The van der Waals surface area contributed by atoms with Crippen molar-refractivity contribution in [2.75, 3.05) is 31.5 Å². The van der Waals surface area contributed by atoms with Crippen LogP contribution in [0.3, 0.4) is 0 Å². The van der Waals surface area contributed by atoms with Crippen LogP contribution in [0, 0.1) is 0 Å². The van der Waals surface area contributed by atoms with Crippen LogP contribution in [-0.2, 0) is 23.1 Å². The monoisotopic (exact) mass is 416 g/mol. The summed E-state index contributed by atoms with van der Waals surface area (Å²) in [5.41, 5.74) is 2.69. The lowest BCUT2D eigenvalue weighted by Gasteiger charge is -2.25. The smallest absolute Gasteiger partial charge is 0.272 e. The molecule has 1 aromatic heterocycles. The number of aromatic amines is 1. The molecule has 0 radical (unpaired) electrons. The first-order chi connectivity index (χ1) is 14.1. The van der Waals surface area contributed by atoms with Gasteiger partial charge in [0.25, 0.3) is 5.82 Å². The fraction of sp³-hybridized carbons (Fsp3) is 0.500. The Labute approximate surface area is 174 Å². The molecule has 0 bridgehead atoms. The summed E-state index contributed by atoms with van der Waals surface area (Å²) >= 11 is 0. The lowest BCUT2D eigenvalue weighted by Crippen LogP contribution is -3.08. The average molecular weight is 417 g/mol. The van der Waals surface area contributed by atoms with E-state index in [1.165, 1.54) is 37.1 Å². The van der Waals surface area contributed by atoms with Crippen LogP contribution in [0.5, 0.6) is 0 Å². The van der Waals surface area contributed by atoms with Gasteiger partial charge in [0.05, 0.1) is 13.1 Å². The normalized spacial score (nSPS) is 18.8. The molecule has 4 rings (SSSR count). The number of benzene rings is 1. The van der Waals surface area contributed by atoms with Crippen molar-refractivity contribution in [3.05, 3.63) is 53.7 Å². The Morgan fingerprint density at radius 3 is 2.34 bits per heavy atom. The molecule has 156 valence electrons. The summed E-state index contributed by atoms with van der Waals surface area (Å²) in [7, 11) is -3.39. The van der Waals surface area contributed by atoms with Gasteiger partial charge in [-0.3, -0.25) is 5.32 Å². The number of H-pyrrole nitrogens is 1. The van der Waals surface area contributed by atoms with Crippen molar-refractivity contribution in [3.8, 4) is 0 Å². The van der Waals surface area contributed by atoms with Crippen LogP contribution in [0.2, 0.25) is 0 Å². The van der Waals surface area contributed by atoms with E-state index in [2.05, 4.69) is 34.6 Å². The van der Waals surface area contributed by atoms with Crippen molar-refractivity contribution in [3.63, 3.8) is 0 Å². The molecule has 7 heteroatoms. The molecule has 0 spiro atoms. The second-order valence-electron chi connectivity index (χ2n) is 8.16. The minimum Gasteiger partial charge on any atom is -0.331 e. The van der Waals surface area contributed by atoms with E-state index in [9.17, 15) is 8.42 Å². The molecule has 2 aromatic rings. The average Bonchev–Trinajstić information content (AvgIpc) is 3.27. The van der Waals surface area contributed by atoms with Crippen LogP contribution in [0.25, 0.3) is 0 Å². The second-order valence-corrected chi connectivity index (χ2v) is 10.1. The third kappa shape index (κ3) is 4.97. The molecule has 2 fully saturated rings. The summed E-state index contributed by atoms with van der Waals surface area (Å²) in [6.07, 6.45) is 7.27. The zero-order chi connectivity index (χ0) is 20.1. The van der Waals surface area contributed by atoms with E-state index < -0.39 is 10.0 Å². The Balaban J connectivity index is 1.39. The van der Waals surface area contributed by atoms with Crippen molar-refractivity contribution in [1.29, 1.82) is 0 Å². The van der Waals surface area contributed by atoms with Crippen LogP contribution in [-0.4, -0.2) is 38.9 Å². The third-order valence-electron chi connectivity index (χ3n) is 6.08. The first-order valence-corrected chi connectivity index (χ1v) is 12.2. The van der Waals surface area contributed by atoms with Crippen molar-refractivity contribution in [2.45, 2.75) is 50.1 Å². The Bertz CT molecular complexity index is 903. The highest BCUT2D eigenvalue weighted by atomic mass is 32.2. The highest BCUT2D eigenvalue weighted by molar-refractivity contribution is 7.89. The molecule has 3 heterocycles. The van der Waals surface area contributed by atoms with Gasteiger partial charge in [-0.2, -0.15) is 4.31 Å². The van der Waals surface area contributed by atoms with E-state index >= 15 is 0 Å². The van der Waals surface area contributed by atoms with Gasteiger partial charge in [-0.15, -0.1) is 0 Å². The molecule has 0 atom stereocenters. The van der Waals surface area contributed by atoms with Gasteiger partial charge < -0.3 is 4.90 Å². The van der Waals surface area contributed by atoms with Crippen LogP contribution >= 0.6 is 0 Å². The number of hydrogen-bond acceptors (Lipinski definition) is 3. The van der Waals surface area contributed by atoms with Gasteiger partial charge in [-0.05, 0) is 18.9 Å². The number of pyridine rings is 1. The number of hydrogen-bond donors (Lipinski definition) is 2. The largest absolute Gasteiger partial charge is 0.331 e. The SMILES string of the molecule is O=S(=O)(c1ccc(NCc2ccccc2C[NH+]2CCCC2)[nH+]c1)N1CCCCC1. The molecule has 0 unspecified atom stereocenters. The van der Waals surface area contributed by atoms with Gasteiger partial charge in [-0.25, -0.2) is 13.4 Å². The van der Waals surface area contributed by atoms with Gasteiger partial charge in [0.1, 0.15) is 24.2 Å². The van der Waals surface area contributed by atoms with Crippen LogP contribution in [0.1, 0.15) is 43.2 Å². The Morgan fingerprint density at radius 1 is 0.931 bits per heavy atom. The number of anilines is 1. The molecule has 0 amide bonds. The zero-order valence-corrected chi connectivity index (χ0v) is 17.8. The lowest BCUT2D eigenvalue weighted by atomic mass is 10.1. The summed E-state index contributed by atoms with van der Waals surface area (Å²) in [5, 5.41) is 3.41. The number of quaternary nitrogens is 1. The van der Waals surface area contributed by atoms with Gasteiger partial charge in [-0.1, -0.05) is 30.7 Å². The third-order valence-corrected chi connectivity index (χ3v) is 7.97. The molecule has 0 saturated carbocycles. The molecule has 2 saturated heterocycles. The summed E-state index contributed by atoms with van der Waals surface area (Å²) in [6.45, 7) is 5.58. The number of piperidine rings is 1. The van der Waals surface area contributed by atoms with Crippen molar-refractivity contribution in [2.24, 2.45) is 0 Å². The van der Waals surface area contributed by atoms with Crippen molar-refractivity contribution < 1.29 is 18.3 Å². The number of rotatable bonds is 7. The predicted octanol–water partition coefficient (Wildman–Crippen LogP) is 1.47. The van der Waals surface area contributed by atoms with Crippen molar-refractivity contribution >= 4 is 15.8 Å². The molecule has 6 nitrogen and oxygen atoms in total. The Hall–Kier alpha value is -1.96. The Kier molecular flexibility index (Phi) is 6.47. The van der Waals surface area contributed by atoms with Gasteiger partial charge in [0.15, 0.2) is 0 Å². The first-order valence-electron chi connectivity index (χ1n) is 10.8. The number of sulfonamides is 1. The van der Waals surface area contributed by atoms with E-state index in [4.69, 9.17) is 0 Å². The molecule has 2 aliphatic rings. The summed E-state index contributed by atoms with van der Waals surface area (Å²) < 4.78 is 27.1.